The summed E-state index contributed by atoms with van der Waals surface area (Å²) in [5.74, 6) is -0.241. The topological polar surface area (TPSA) is 72.9 Å². The highest BCUT2D eigenvalue weighted by Crippen LogP contribution is 2.25. The molecule has 0 aliphatic carbocycles. The lowest BCUT2D eigenvalue weighted by Gasteiger charge is -2.12. The van der Waals surface area contributed by atoms with Crippen LogP contribution >= 0.6 is 11.8 Å². The van der Waals surface area contributed by atoms with E-state index in [1.54, 1.807) is 35.9 Å². The number of nitrogens with zero attached hydrogens (tertiary/aromatic N) is 2. The summed E-state index contributed by atoms with van der Waals surface area (Å²) in [6, 6.07) is 6.91. The van der Waals surface area contributed by atoms with Crippen LogP contribution in [0.2, 0.25) is 0 Å². The number of aromatic nitrogens is 2. The van der Waals surface area contributed by atoms with Crippen molar-refractivity contribution in [2.45, 2.75) is 10.9 Å². The zero-order valence-electron chi connectivity index (χ0n) is 10.8. The molecule has 0 aliphatic rings. The molecule has 1 heterocycles. The number of amides is 1. The Morgan fingerprint density at radius 3 is 2.84 bits per heavy atom. The van der Waals surface area contributed by atoms with Crippen molar-refractivity contribution in [1.82, 2.24) is 9.78 Å². The van der Waals surface area contributed by atoms with Crippen molar-refractivity contribution in [2.75, 3.05) is 11.6 Å². The Morgan fingerprint density at radius 2 is 2.21 bits per heavy atom. The second-order valence-electron chi connectivity index (χ2n) is 4.11. The third-order valence-corrected chi connectivity index (χ3v) is 3.53. The maximum Gasteiger partial charge on any atom is 0.246 e. The molecule has 3 N–H and O–H groups in total. The molecule has 1 atom stereocenters. The molecule has 0 radical (unpaired) electrons. The van der Waals surface area contributed by atoms with Gasteiger partial charge in [-0.25, -0.2) is 0 Å². The van der Waals surface area contributed by atoms with Crippen LogP contribution in [0.25, 0.3) is 0 Å². The minimum atomic E-state index is -0.719. The van der Waals surface area contributed by atoms with Crippen molar-refractivity contribution in [3.63, 3.8) is 0 Å². The van der Waals surface area contributed by atoms with Gasteiger partial charge in [-0.3, -0.25) is 9.48 Å². The molecular formula is C13H16N4OS. The number of carbonyl (C=O) groups is 1. The van der Waals surface area contributed by atoms with E-state index in [2.05, 4.69) is 10.4 Å². The molecule has 5 nitrogen and oxygen atoms in total. The first-order chi connectivity index (χ1) is 9.11. The van der Waals surface area contributed by atoms with Gasteiger partial charge >= 0.3 is 0 Å². The number of benzene rings is 1. The molecule has 0 saturated heterocycles. The van der Waals surface area contributed by atoms with E-state index in [0.29, 0.717) is 5.56 Å². The number of hydrogen-bond acceptors (Lipinski definition) is 4. The summed E-state index contributed by atoms with van der Waals surface area (Å²) < 4.78 is 1.62. The van der Waals surface area contributed by atoms with Crippen LogP contribution in [0.3, 0.4) is 0 Å². The van der Waals surface area contributed by atoms with Crippen molar-refractivity contribution in [2.24, 2.45) is 12.8 Å². The largest absolute Gasteiger partial charge is 0.323 e. The Bertz CT molecular complexity index is 582. The zero-order chi connectivity index (χ0) is 13.8. The van der Waals surface area contributed by atoms with Gasteiger partial charge in [0.2, 0.25) is 5.91 Å². The third kappa shape index (κ3) is 3.15. The van der Waals surface area contributed by atoms with Crippen LogP contribution in [0.1, 0.15) is 11.6 Å². The normalized spacial score (nSPS) is 12.2. The van der Waals surface area contributed by atoms with E-state index in [0.717, 1.165) is 10.6 Å². The first-order valence-corrected chi connectivity index (χ1v) is 7.02. The monoisotopic (exact) mass is 276 g/mol. The van der Waals surface area contributed by atoms with E-state index in [9.17, 15) is 4.79 Å². The van der Waals surface area contributed by atoms with E-state index < -0.39 is 6.04 Å². The molecule has 1 aromatic carbocycles. The molecule has 1 amide bonds. The lowest BCUT2D eigenvalue weighted by molar-refractivity contribution is -0.117. The highest BCUT2D eigenvalue weighted by molar-refractivity contribution is 7.98. The van der Waals surface area contributed by atoms with E-state index >= 15 is 0 Å². The standard InChI is InChI=1S/C13H16N4OS/c1-17-8-9(7-15-17)12(14)13(18)16-10-5-3-4-6-11(10)19-2/h3-8,12H,14H2,1-2H3,(H,16,18). The Balaban J connectivity index is 2.12. The molecule has 19 heavy (non-hydrogen) atoms. The molecule has 100 valence electrons. The molecule has 1 aromatic heterocycles. The van der Waals surface area contributed by atoms with Gasteiger partial charge in [-0.05, 0) is 18.4 Å². The minimum Gasteiger partial charge on any atom is -0.323 e. The van der Waals surface area contributed by atoms with Gasteiger partial charge in [-0.1, -0.05) is 12.1 Å². The Labute approximate surface area is 116 Å². The second kappa shape index (κ2) is 5.90. The number of aryl methyl sites for hydroxylation is 1. The number of nitrogens with one attached hydrogen (secondary N) is 1. The predicted molar refractivity (Wildman–Crippen MR) is 77.0 cm³/mol. The average molecular weight is 276 g/mol. The highest BCUT2D eigenvalue weighted by Gasteiger charge is 2.18. The molecule has 0 bridgehead atoms. The summed E-state index contributed by atoms with van der Waals surface area (Å²) in [5, 5.41) is 6.86. The molecule has 6 heteroatoms. The van der Waals surface area contributed by atoms with Crippen LogP contribution in [0.15, 0.2) is 41.6 Å². The fourth-order valence-electron chi connectivity index (χ4n) is 1.71. The van der Waals surface area contributed by atoms with Crippen molar-refractivity contribution < 1.29 is 4.79 Å². The first kappa shape index (κ1) is 13.6. The third-order valence-electron chi connectivity index (χ3n) is 2.73. The van der Waals surface area contributed by atoms with Crippen LogP contribution in [0, 0.1) is 0 Å². The zero-order valence-corrected chi connectivity index (χ0v) is 11.6. The summed E-state index contributed by atoms with van der Waals surface area (Å²) in [6.07, 6.45) is 5.31. The number of carbonyl (C=O) groups excluding carboxylic acids is 1. The lowest BCUT2D eigenvalue weighted by atomic mass is 10.1. The molecule has 0 spiro atoms. The fourth-order valence-corrected chi connectivity index (χ4v) is 2.26. The molecule has 2 rings (SSSR count). The number of rotatable bonds is 4. The van der Waals surface area contributed by atoms with Crippen LogP contribution in [-0.2, 0) is 11.8 Å². The van der Waals surface area contributed by atoms with Gasteiger partial charge in [0.05, 0.1) is 11.9 Å². The molecule has 1 unspecified atom stereocenters. The molecule has 0 fully saturated rings. The van der Waals surface area contributed by atoms with Gasteiger partial charge in [0, 0.05) is 23.7 Å². The van der Waals surface area contributed by atoms with Crippen LogP contribution < -0.4 is 11.1 Å². The van der Waals surface area contributed by atoms with E-state index in [1.165, 1.54) is 0 Å². The van der Waals surface area contributed by atoms with Gasteiger partial charge in [-0.15, -0.1) is 11.8 Å². The summed E-state index contributed by atoms with van der Waals surface area (Å²) in [4.78, 5) is 13.1. The van der Waals surface area contributed by atoms with E-state index in [1.807, 2.05) is 30.5 Å². The fraction of sp³-hybridized carbons (Fsp3) is 0.231. The van der Waals surface area contributed by atoms with Gasteiger partial charge in [-0.2, -0.15) is 5.10 Å². The number of nitrogens with two attached hydrogens (primary N) is 1. The Hall–Kier alpha value is -1.79. The number of thioether (sulfide) groups is 1. The smallest absolute Gasteiger partial charge is 0.246 e. The van der Waals surface area contributed by atoms with Gasteiger partial charge < -0.3 is 11.1 Å². The van der Waals surface area contributed by atoms with Crippen molar-refractivity contribution >= 4 is 23.4 Å². The van der Waals surface area contributed by atoms with E-state index in [-0.39, 0.29) is 5.91 Å². The highest BCUT2D eigenvalue weighted by atomic mass is 32.2. The molecule has 0 saturated carbocycles. The van der Waals surface area contributed by atoms with E-state index in [4.69, 9.17) is 5.73 Å². The summed E-state index contributed by atoms with van der Waals surface area (Å²) in [7, 11) is 1.79. The number of hydrogen-bond donors (Lipinski definition) is 2. The Morgan fingerprint density at radius 1 is 1.47 bits per heavy atom. The Kier molecular flexibility index (Phi) is 4.24. The second-order valence-corrected chi connectivity index (χ2v) is 4.96. The molecule has 0 aliphatic heterocycles. The summed E-state index contributed by atoms with van der Waals surface area (Å²) >= 11 is 1.58. The predicted octanol–water partition coefficient (Wildman–Crippen LogP) is 1.78. The molecule has 2 aromatic rings. The van der Waals surface area contributed by atoms with Crippen molar-refractivity contribution in [3.8, 4) is 0 Å². The van der Waals surface area contributed by atoms with Gasteiger partial charge in [0.15, 0.2) is 0 Å². The van der Waals surface area contributed by atoms with Crippen molar-refractivity contribution in [3.05, 3.63) is 42.2 Å². The maximum absolute atomic E-state index is 12.1. The molecular weight excluding hydrogens is 260 g/mol. The number of para-hydroxylation sites is 1. The summed E-state index contributed by atoms with van der Waals surface area (Å²) in [5.41, 5.74) is 7.39. The summed E-state index contributed by atoms with van der Waals surface area (Å²) in [6.45, 7) is 0. The van der Waals surface area contributed by atoms with Crippen LogP contribution in [-0.4, -0.2) is 21.9 Å². The first-order valence-electron chi connectivity index (χ1n) is 5.80. The minimum absolute atomic E-state index is 0.241. The number of anilines is 1. The maximum atomic E-state index is 12.1. The SMILES string of the molecule is CSc1ccccc1NC(=O)C(N)c1cnn(C)c1. The van der Waals surface area contributed by atoms with Crippen molar-refractivity contribution in [1.29, 1.82) is 0 Å². The van der Waals surface area contributed by atoms with Crippen LogP contribution in [0.4, 0.5) is 5.69 Å². The lowest BCUT2D eigenvalue weighted by Crippen LogP contribution is -2.27. The van der Waals surface area contributed by atoms with Crippen LogP contribution in [0.5, 0.6) is 0 Å². The van der Waals surface area contributed by atoms with Gasteiger partial charge in [0.25, 0.3) is 0 Å². The average Bonchev–Trinajstić information content (AvgIpc) is 2.85. The quantitative estimate of drug-likeness (QED) is 0.835. The van der Waals surface area contributed by atoms with Gasteiger partial charge in [0.1, 0.15) is 6.04 Å².